The fraction of sp³-hybridized carbons (Fsp3) is 0.500. The quantitative estimate of drug-likeness (QED) is 0.855. The Morgan fingerprint density at radius 2 is 2.29 bits per heavy atom. The predicted molar refractivity (Wildman–Crippen MR) is 83.6 cm³/mol. The molecule has 0 aliphatic rings. The van der Waals surface area contributed by atoms with Gasteiger partial charge in [0.15, 0.2) is 0 Å². The highest BCUT2D eigenvalue weighted by atomic mass is 32.1. The van der Waals surface area contributed by atoms with Crippen LogP contribution in [-0.2, 0) is 13.5 Å². The predicted octanol–water partition coefficient (Wildman–Crippen LogP) is 1.83. The number of carbonyl (C=O) groups is 1. The lowest BCUT2D eigenvalue weighted by Crippen LogP contribution is -2.38. The van der Waals surface area contributed by atoms with Gasteiger partial charge in [0.05, 0.1) is 11.2 Å². The number of hydrogen-bond acceptors (Lipinski definition) is 4. The monoisotopic (exact) mass is 307 g/mol. The highest BCUT2D eigenvalue weighted by molar-refractivity contribution is 7.09. The number of nitrogens with zero attached hydrogens (tertiary/aromatic N) is 3. The smallest absolute Gasteiger partial charge is 0.314 e. The van der Waals surface area contributed by atoms with Crippen LogP contribution in [0.3, 0.4) is 0 Å². The number of aromatic nitrogens is 3. The molecule has 0 saturated heterocycles. The van der Waals surface area contributed by atoms with Crippen LogP contribution in [0.25, 0.3) is 0 Å². The van der Waals surface area contributed by atoms with Crippen molar-refractivity contribution in [2.75, 3.05) is 13.1 Å². The normalized spacial score (nSPS) is 12.1. The molecule has 0 fully saturated rings. The number of carbonyl (C=O) groups excluding carboxylic acids is 1. The molecule has 114 valence electrons. The van der Waals surface area contributed by atoms with E-state index < -0.39 is 0 Å². The first-order chi connectivity index (χ1) is 10.0. The van der Waals surface area contributed by atoms with Gasteiger partial charge in [0.2, 0.25) is 0 Å². The second kappa shape index (κ2) is 7.21. The Hall–Kier alpha value is -1.89. The number of urea groups is 1. The average Bonchev–Trinajstić information content (AvgIpc) is 3.05. The standard InChI is InChI=1S/C14H21N5OS/c1-10(13-18-11(2)9-21-13)6-16-14(20)15-5-4-12-7-17-19(3)8-12/h7-10H,4-6H2,1-3H3,(H2,15,16,20)/t10-/m1/s1. The van der Waals surface area contributed by atoms with E-state index in [9.17, 15) is 4.79 Å². The lowest BCUT2D eigenvalue weighted by atomic mass is 10.2. The largest absolute Gasteiger partial charge is 0.338 e. The first-order valence-electron chi connectivity index (χ1n) is 6.96. The zero-order chi connectivity index (χ0) is 15.2. The first kappa shape index (κ1) is 15.5. The van der Waals surface area contributed by atoms with E-state index in [1.165, 1.54) is 0 Å². The summed E-state index contributed by atoms with van der Waals surface area (Å²) < 4.78 is 1.76. The number of thiazole rings is 1. The molecule has 1 atom stereocenters. The van der Waals surface area contributed by atoms with Crippen molar-refractivity contribution in [3.8, 4) is 0 Å². The Morgan fingerprint density at radius 3 is 2.90 bits per heavy atom. The molecule has 2 aromatic rings. The molecule has 0 aromatic carbocycles. The van der Waals surface area contributed by atoms with Crippen LogP contribution >= 0.6 is 11.3 Å². The molecule has 0 aliphatic heterocycles. The number of rotatable bonds is 6. The molecule has 6 nitrogen and oxygen atoms in total. The molecule has 2 rings (SSSR count). The van der Waals surface area contributed by atoms with Crippen LogP contribution in [0.5, 0.6) is 0 Å². The summed E-state index contributed by atoms with van der Waals surface area (Å²) in [6.45, 7) is 5.23. The van der Waals surface area contributed by atoms with Gasteiger partial charge in [0, 0.05) is 43.3 Å². The van der Waals surface area contributed by atoms with Crippen molar-refractivity contribution in [3.63, 3.8) is 0 Å². The maximum absolute atomic E-state index is 11.7. The molecule has 2 heterocycles. The molecular weight excluding hydrogens is 286 g/mol. The molecular formula is C14H21N5OS. The Bertz CT molecular complexity index is 592. The van der Waals surface area contributed by atoms with Gasteiger partial charge in [0.1, 0.15) is 0 Å². The number of hydrogen-bond donors (Lipinski definition) is 2. The minimum absolute atomic E-state index is 0.140. The van der Waals surface area contributed by atoms with Crippen LogP contribution in [0, 0.1) is 6.92 Å². The third kappa shape index (κ3) is 4.86. The van der Waals surface area contributed by atoms with Gasteiger partial charge in [-0.3, -0.25) is 4.68 Å². The minimum atomic E-state index is -0.140. The summed E-state index contributed by atoms with van der Waals surface area (Å²) in [7, 11) is 1.88. The first-order valence-corrected chi connectivity index (χ1v) is 7.84. The van der Waals surface area contributed by atoms with Crippen molar-refractivity contribution < 1.29 is 4.79 Å². The zero-order valence-corrected chi connectivity index (χ0v) is 13.4. The fourth-order valence-corrected chi connectivity index (χ4v) is 2.77. The second-order valence-electron chi connectivity index (χ2n) is 5.14. The topological polar surface area (TPSA) is 71.8 Å². The van der Waals surface area contributed by atoms with Crippen molar-refractivity contribution in [1.82, 2.24) is 25.4 Å². The van der Waals surface area contributed by atoms with E-state index in [0.717, 1.165) is 22.7 Å². The molecule has 2 aromatic heterocycles. The van der Waals surface area contributed by atoms with Crippen LogP contribution < -0.4 is 10.6 Å². The van der Waals surface area contributed by atoms with E-state index in [1.807, 2.05) is 31.7 Å². The highest BCUT2D eigenvalue weighted by Gasteiger charge is 2.10. The zero-order valence-electron chi connectivity index (χ0n) is 12.6. The number of amides is 2. The van der Waals surface area contributed by atoms with Gasteiger partial charge >= 0.3 is 6.03 Å². The lowest BCUT2D eigenvalue weighted by molar-refractivity contribution is 0.240. The molecule has 0 spiro atoms. The van der Waals surface area contributed by atoms with Gasteiger partial charge in [-0.25, -0.2) is 9.78 Å². The van der Waals surface area contributed by atoms with Crippen molar-refractivity contribution in [3.05, 3.63) is 34.0 Å². The van der Waals surface area contributed by atoms with Gasteiger partial charge < -0.3 is 10.6 Å². The van der Waals surface area contributed by atoms with E-state index in [2.05, 4.69) is 27.6 Å². The second-order valence-corrected chi connectivity index (χ2v) is 6.03. The summed E-state index contributed by atoms with van der Waals surface area (Å²) in [5, 5.41) is 12.9. The van der Waals surface area contributed by atoms with Crippen LogP contribution in [-0.4, -0.2) is 33.9 Å². The van der Waals surface area contributed by atoms with Crippen LogP contribution in [0.2, 0.25) is 0 Å². The van der Waals surface area contributed by atoms with Crippen molar-refractivity contribution in [2.24, 2.45) is 7.05 Å². The fourth-order valence-electron chi connectivity index (χ4n) is 1.92. The molecule has 0 saturated carbocycles. The summed E-state index contributed by atoms with van der Waals surface area (Å²) >= 11 is 1.63. The number of aryl methyl sites for hydroxylation is 2. The van der Waals surface area contributed by atoms with E-state index in [1.54, 1.807) is 16.0 Å². The van der Waals surface area contributed by atoms with Gasteiger partial charge in [0.25, 0.3) is 0 Å². The van der Waals surface area contributed by atoms with Crippen LogP contribution in [0.4, 0.5) is 4.79 Å². The summed E-state index contributed by atoms with van der Waals surface area (Å²) in [4.78, 5) is 16.1. The average molecular weight is 307 g/mol. The third-order valence-corrected chi connectivity index (χ3v) is 4.28. The maximum atomic E-state index is 11.7. The highest BCUT2D eigenvalue weighted by Crippen LogP contribution is 2.18. The maximum Gasteiger partial charge on any atom is 0.314 e. The molecule has 0 unspecified atom stereocenters. The Morgan fingerprint density at radius 1 is 1.48 bits per heavy atom. The van der Waals surface area contributed by atoms with Crippen LogP contribution in [0.15, 0.2) is 17.8 Å². The SMILES string of the molecule is Cc1csc([C@H](C)CNC(=O)NCCc2cnn(C)c2)n1. The van der Waals surface area contributed by atoms with E-state index in [-0.39, 0.29) is 11.9 Å². The van der Waals surface area contributed by atoms with Gasteiger partial charge in [-0.05, 0) is 18.9 Å². The molecule has 0 radical (unpaired) electrons. The minimum Gasteiger partial charge on any atom is -0.338 e. The van der Waals surface area contributed by atoms with Crippen molar-refractivity contribution in [1.29, 1.82) is 0 Å². The summed E-state index contributed by atoms with van der Waals surface area (Å²) in [6.07, 6.45) is 4.54. The molecule has 2 N–H and O–H groups in total. The molecule has 0 bridgehead atoms. The van der Waals surface area contributed by atoms with Crippen molar-refractivity contribution in [2.45, 2.75) is 26.2 Å². The van der Waals surface area contributed by atoms with E-state index in [0.29, 0.717) is 13.1 Å². The number of nitrogens with one attached hydrogen (secondary N) is 2. The summed E-state index contributed by atoms with van der Waals surface area (Å²) in [5.41, 5.74) is 2.15. The summed E-state index contributed by atoms with van der Waals surface area (Å²) in [5.74, 6) is 0.229. The molecule has 2 amide bonds. The Balaban J connectivity index is 1.65. The van der Waals surface area contributed by atoms with Crippen LogP contribution in [0.1, 0.15) is 29.1 Å². The van der Waals surface area contributed by atoms with E-state index in [4.69, 9.17) is 0 Å². The van der Waals surface area contributed by atoms with Gasteiger partial charge in [-0.1, -0.05) is 6.92 Å². The Labute approximate surface area is 128 Å². The lowest BCUT2D eigenvalue weighted by Gasteiger charge is -2.11. The Kier molecular flexibility index (Phi) is 5.32. The third-order valence-electron chi connectivity index (χ3n) is 3.08. The summed E-state index contributed by atoms with van der Waals surface area (Å²) in [6, 6.07) is -0.140. The van der Waals surface area contributed by atoms with Crippen molar-refractivity contribution >= 4 is 17.4 Å². The molecule has 0 aliphatic carbocycles. The molecule has 7 heteroatoms. The van der Waals surface area contributed by atoms with Gasteiger partial charge in [-0.2, -0.15) is 5.10 Å². The molecule has 21 heavy (non-hydrogen) atoms. The van der Waals surface area contributed by atoms with E-state index >= 15 is 0 Å². The van der Waals surface area contributed by atoms with Gasteiger partial charge in [-0.15, -0.1) is 11.3 Å².